The Hall–Kier alpha value is -3.08. The van der Waals surface area contributed by atoms with Crippen LogP contribution in [0, 0.1) is 0 Å². The van der Waals surface area contributed by atoms with Gasteiger partial charge in [-0.2, -0.15) is 0 Å². The standard InChI is InChI=1S/C25H22ClN3O4S.CH5N/c26-19-4-5-23-22(13-19)25(24(15-30)28-23)34(31)29-10-11-32-21(14-29)16-33-20-3-1-2-18(12-20)17-6-8-27-9-7-17;1-2/h1-9,12-13,15,21,28H,10-11,14,16H2;2H2,1H3. The molecule has 1 aliphatic rings. The van der Waals surface area contributed by atoms with Gasteiger partial charge in [-0.1, -0.05) is 23.7 Å². The number of hydrogen-bond acceptors (Lipinski definition) is 6. The summed E-state index contributed by atoms with van der Waals surface area (Å²) in [6, 6.07) is 17.0. The molecule has 1 saturated heterocycles. The van der Waals surface area contributed by atoms with Crippen LogP contribution in [0.2, 0.25) is 5.02 Å². The molecule has 0 radical (unpaired) electrons. The molecular formula is C26H27ClN4O4S. The van der Waals surface area contributed by atoms with Gasteiger partial charge in [0, 0.05) is 41.4 Å². The second-order valence-electron chi connectivity index (χ2n) is 7.88. The van der Waals surface area contributed by atoms with E-state index in [-0.39, 0.29) is 6.10 Å². The summed E-state index contributed by atoms with van der Waals surface area (Å²) in [5.74, 6) is 0.727. The lowest BCUT2D eigenvalue weighted by molar-refractivity contribution is -0.0237. The average molecular weight is 527 g/mol. The normalized spacial score (nSPS) is 16.7. The van der Waals surface area contributed by atoms with Gasteiger partial charge in [0.1, 0.15) is 29.4 Å². The van der Waals surface area contributed by atoms with Crippen LogP contribution in [0.4, 0.5) is 0 Å². The molecule has 0 bridgehead atoms. The maximum Gasteiger partial charge on any atom is 0.167 e. The van der Waals surface area contributed by atoms with Crippen LogP contribution >= 0.6 is 11.6 Å². The molecule has 2 unspecified atom stereocenters. The zero-order valence-electron chi connectivity index (χ0n) is 19.7. The Bertz CT molecular complexity index is 1350. The number of nitrogens with zero attached hydrogens (tertiary/aromatic N) is 2. The number of nitrogens with one attached hydrogen (secondary N) is 1. The van der Waals surface area contributed by atoms with Crippen molar-refractivity contribution in [3.05, 3.63) is 77.7 Å². The molecule has 1 aliphatic heterocycles. The first kappa shape index (κ1) is 26.0. The van der Waals surface area contributed by atoms with Crippen molar-refractivity contribution in [2.24, 2.45) is 5.73 Å². The van der Waals surface area contributed by atoms with Gasteiger partial charge >= 0.3 is 0 Å². The molecule has 0 saturated carbocycles. The number of aromatic nitrogens is 2. The van der Waals surface area contributed by atoms with Crippen molar-refractivity contribution >= 4 is 39.8 Å². The van der Waals surface area contributed by atoms with Crippen molar-refractivity contribution < 1.29 is 18.5 Å². The van der Waals surface area contributed by atoms with Gasteiger partial charge in [0.05, 0.1) is 17.2 Å². The zero-order valence-corrected chi connectivity index (χ0v) is 21.3. The molecule has 10 heteroatoms. The number of fused-ring (bicyclic) bond motifs is 1. The van der Waals surface area contributed by atoms with Crippen LogP contribution in [0.5, 0.6) is 5.75 Å². The highest BCUT2D eigenvalue weighted by atomic mass is 35.5. The number of nitrogens with two attached hydrogens (primary N) is 1. The summed E-state index contributed by atoms with van der Waals surface area (Å²) < 4.78 is 27.2. The van der Waals surface area contributed by atoms with Crippen LogP contribution in [0.1, 0.15) is 10.5 Å². The Morgan fingerprint density at radius 1 is 1.19 bits per heavy atom. The van der Waals surface area contributed by atoms with Crippen molar-refractivity contribution in [3.63, 3.8) is 0 Å². The predicted octanol–water partition coefficient (Wildman–Crippen LogP) is 4.07. The predicted molar refractivity (Wildman–Crippen MR) is 142 cm³/mol. The summed E-state index contributed by atoms with van der Waals surface area (Å²) in [6.07, 6.45) is 3.93. The topological polar surface area (TPSA) is 111 Å². The Labute approximate surface area is 217 Å². The molecule has 0 aliphatic carbocycles. The fraction of sp³-hybridized carbons (Fsp3) is 0.231. The summed E-state index contributed by atoms with van der Waals surface area (Å²) in [6.45, 7) is 1.61. The number of aldehydes is 1. The number of halogens is 1. The molecule has 2 aromatic carbocycles. The van der Waals surface area contributed by atoms with Crippen LogP contribution in [0.15, 0.2) is 71.9 Å². The van der Waals surface area contributed by atoms with Crippen LogP contribution in [-0.2, 0) is 15.7 Å². The van der Waals surface area contributed by atoms with Gasteiger partial charge in [0.25, 0.3) is 0 Å². The third-order valence-corrected chi connectivity index (χ3v) is 7.48. The van der Waals surface area contributed by atoms with Crippen molar-refractivity contribution in [2.75, 3.05) is 33.4 Å². The minimum Gasteiger partial charge on any atom is -0.491 e. The lowest BCUT2D eigenvalue weighted by atomic mass is 10.1. The van der Waals surface area contributed by atoms with Gasteiger partial charge in [0.15, 0.2) is 6.29 Å². The maximum atomic E-state index is 13.5. The van der Waals surface area contributed by atoms with E-state index in [0.29, 0.717) is 53.6 Å². The highest BCUT2D eigenvalue weighted by Crippen LogP contribution is 2.30. The molecule has 5 rings (SSSR count). The number of pyridine rings is 1. The number of carbonyl (C=O) groups excluding carboxylic acids is 1. The van der Waals surface area contributed by atoms with Gasteiger partial charge in [-0.15, -0.1) is 0 Å². The van der Waals surface area contributed by atoms with E-state index in [9.17, 15) is 9.00 Å². The minimum atomic E-state index is -1.56. The van der Waals surface area contributed by atoms with E-state index in [1.54, 1.807) is 34.9 Å². The molecule has 4 aromatic rings. The largest absolute Gasteiger partial charge is 0.491 e. The molecule has 2 atom stereocenters. The molecule has 188 valence electrons. The first-order valence-corrected chi connectivity index (χ1v) is 12.9. The van der Waals surface area contributed by atoms with Crippen LogP contribution in [0.25, 0.3) is 22.0 Å². The number of rotatable bonds is 7. The Morgan fingerprint density at radius 3 is 2.78 bits per heavy atom. The van der Waals surface area contributed by atoms with Gasteiger partial charge in [-0.3, -0.25) is 9.78 Å². The van der Waals surface area contributed by atoms with Gasteiger partial charge in [0.2, 0.25) is 0 Å². The zero-order chi connectivity index (χ0) is 25.5. The lowest BCUT2D eigenvalue weighted by Crippen LogP contribution is -2.45. The van der Waals surface area contributed by atoms with Crippen molar-refractivity contribution in [2.45, 2.75) is 11.0 Å². The number of benzene rings is 2. The smallest absolute Gasteiger partial charge is 0.167 e. The Kier molecular flexibility index (Phi) is 8.84. The van der Waals surface area contributed by atoms with Gasteiger partial charge in [-0.05, 0) is 60.6 Å². The van der Waals surface area contributed by atoms with E-state index in [0.717, 1.165) is 22.4 Å². The molecule has 0 amide bonds. The number of ether oxygens (including phenoxy) is 2. The third kappa shape index (κ3) is 5.83. The van der Waals surface area contributed by atoms with E-state index >= 15 is 0 Å². The van der Waals surface area contributed by atoms with Crippen molar-refractivity contribution in [3.8, 4) is 16.9 Å². The van der Waals surface area contributed by atoms with E-state index in [4.69, 9.17) is 21.1 Å². The Balaban J connectivity index is 0.00000148. The molecule has 0 spiro atoms. The van der Waals surface area contributed by atoms with Crippen molar-refractivity contribution in [1.29, 1.82) is 0 Å². The number of hydrogen-bond donors (Lipinski definition) is 2. The van der Waals surface area contributed by atoms with Gasteiger partial charge in [-0.25, -0.2) is 8.51 Å². The van der Waals surface area contributed by atoms with Crippen LogP contribution < -0.4 is 10.5 Å². The highest BCUT2D eigenvalue weighted by Gasteiger charge is 2.29. The van der Waals surface area contributed by atoms with Gasteiger partial charge < -0.3 is 20.2 Å². The second kappa shape index (κ2) is 12.2. The molecule has 3 heterocycles. The number of H-pyrrole nitrogens is 1. The van der Waals surface area contributed by atoms with Crippen molar-refractivity contribution in [1.82, 2.24) is 14.3 Å². The Morgan fingerprint density at radius 2 is 2.00 bits per heavy atom. The number of aromatic amines is 1. The minimum absolute atomic E-state index is 0.268. The summed E-state index contributed by atoms with van der Waals surface area (Å²) in [5, 5.41) is 1.20. The summed E-state index contributed by atoms with van der Waals surface area (Å²) in [7, 11) is -0.0596. The first-order valence-electron chi connectivity index (χ1n) is 11.4. The highest BCUT2D eigenvalue weighted by molar-refractivity contribution is 7.83. The van der Waals surface area contributed by atoms with E-state index in [1.807, 2.05) is 36.4 Å². The maximum absolute atomic E-state index is 13.5. The molecule has 8 nitrogen and oxygen atoms in total. The average Bonchev–Trinajstić information content (AvgIpc) is 3.31. The van der Waals surface area contributed by atoms with Crippen LogP contribution in [-0.4, -0.2) is 64.2 Å². The molecular weight excluding hydrogens is 500 g/mol. The van der Waals surface area contributed by atoms with E-state index in [1.165, 1.54) is 7.05 Å². The summed E-state index contributed by atoms with van der Waals surface area (Å²) in [4.78, 5) is 19.2. The monoisotopic (exact) mass is 526 g/mol. The van der Waals surface area contributed by atoms with E-state index < -0.39 is 11.0 Å². The summed E-state index contributed by atoms with van der Waals surface area (Å²) >= 11 is 6.15. The molecule has 1 fully saturated rings. The fourth-order valence-electron chi connectivity index (χ4n) is 4.00. The van der Waals surface area contributed by atoms with Crippen LogP contribution in [0.3, 0.4) is 0 Å². The molecule has 3 N–H and O–H groups in total. The fourth-order valence-corrected chi connectivity index (χ4v) is 5.62. The number of morpholine rings is 1. The third-order valence-electron chi connectivity index (χ3n) is 5.65. The van der Waals surface area contributed by atoms with E-state index in [2.05, 4.69) is 15.7 Å². The second-order valence-corrected chi connectivity index (χ2v) is 9.74. The molecule has 2 aromatic heterocycles. The summed E-state index contributed by atoms with van der Waals surface area (Å²) in [5.41, 5.74) is 7.60. The molecule has 36 heavy (non-hydrogen) atoms. The number of carbonyl (C=O) groups is 1. The SMILES string of the molecule is CN.O=Cc1[nH]c2ccc(Cl)cc2c1S(=O)N1CCOC(COc2cccc(-c3ccncc3)c2)C1. The quantitative estimate of drug-likeness (QED) is 0.351. The first-order chi connectivity index (χ1) is 17.6. The lowest BCUT2D eigenvalue weighted by Gasteiger charge is -2.31.